The van der Waals surface area contributed by atoms with E-state index in [1.54, 1.807) is 12.4 Å². The zero-order valence-corrected chi connectivity index (χ0v) is 15.3. The average Bonchev–Trinajstić information content (AvgIpc) is 3.07. The highest BCUT2D eigenvalue weighted by Gasteiger charge is 2.49. The molecule has 26 heavy (non-hydrogen) atoms. The van der Waals surface area contributed by atoms with Crippen molar-refractivity contribution in [2.45, 2.75) is 32.1 Å². The van der Waals surface area contributed by atoms with Gasteiger partial charge >= 0.3 is 0 Å². The van der Waals surface area contributed by atoms with E-state index in [-0.39, 0.29) is 23.9 Å². The first-order valence-corrected chi connectivity index (χ1v) is 9.78. The van der Waals surface area contributed by atoms with Crippen LogP contribution in [-0.2, 0) is 4.79 Å². The lowest BCUT2D eigenvalue weighted by Crippen LogP contribution is -2.48. The van der Waals surface area contributed by atoms with Crippen molar-refractivity contribution in [1.82, 2.24) is 14.9 Å². The van der Waals surface area contributed by atoms with E-state index in [1.165, 1.54) is 0 Å². The van der Waals surface area contributed by atoms with Crippen LogP contribution in [0.4, 0.5) is 5.95 Å². The van der Waals surface area contributed by atoms with Crippen LogP contribution in [0.5, 0.6) is 0 Å². The number of hydrogen-bond donors (Lipinski definition) is 1. The van der Waals surface area contributed by atoms with Crippen molar-refractivity contribution in [2.24, 2.45) is 17.3 Å². The number of nitrogens with zero attached hydrogens (tertiary/aromatic N) is 4. The molecule has 0 bridgehead atoms. The van der Waals surface area contributed by atoms with Gasteiger partial charge in [0, 0.05) is 57.0 Å². The Morgan fingerprint density at radius 2 is 2.00 bits per heavy atom. The summed E-state index contributed by atoms with van der Waals surface area (Å²) in [5, 5.41) is 9.97. The fourth-order valence-corrected chi connectivity index (χ4v) is 4.91. The quantitative estimate of drug-likeness (QED) is 0.838. The zero-order chi connectivity index (χ0) is 18.0. The van der Waals surface area contributed by atoms with Crippen molar-refractivity contribution in [1.29, 1.82) is 0 Å². The molecule has 1 aromatic heterocycles. The van der Waals surface area contributed by atoms with Crippen molar-refractivity contribution in [3.05, 3.63) is 30.6 Å². The van der Waals surface area contributed by atoms with E-state index in [0.29, 0.717) is 5.91 Å². The van der Waals surface area contributed by atoms with E-state index >= 15 is 0 Å². The van der Waals surface area contributed by atoms with Crippen LogP contribution >= 0.6 is 0 Å². The molecular weight excluding hydrogens is 328 g/mol. The third-order valence-electron chi connectivity index (χ3n) is 6.56. The van der Waals surface area contributed by atoms with Crippen LogP contribution in [0.25, 0.3) is 0 Å². The number of hydrogen-bond acceptors (Lipinski definition) is 5. The van der Waals surface area contributed by atoms with Crippen molar-refractivity contribution >= 4 is 11.9 Å². The molecule has 2 atom stereocenters. The second-order valence-electron chi connectivity index (χ2n) is 7.98. The normalized spacial score (nSPS) is 27.9. The maximum Gasteiger partial charge on any atom is 0.226 e. The van der Waals surface area contributed by atoms with Gasteiger partial charge in [0.15, 0.2) is 0 Å². The number of carbonyl (C=O) groups excluding carboxylic acids is 1. The Balaban J connectivity index is 1.42. The molecule has 1 N–H and O–H groups in total. The van der Waals surface area contributed by atoms with E-state index in [1.807, 2.05) is 6.07 Å². The predicted molar refractivity (Wildman–Crippen MR) is 99.5 cm³/mol. The third-order valence-corrected chi connectivity index (χ3v) is 6.56. The van der Waals surface area contributed by atoms with E-state index in [2.05, 4.69) is 31.9 Å². The molecule has 0 aromatic carbocycles. The van der Waals surface area contributed by atoms with Gasteiger partial charge in [-0.25, -0.2) is 9.97 Å². The summed E-state index contributed by atoms with van der Waals surface area (Å²) in [7, 11) is 0. The average molecular weight is 356 g/mol. The van der Waals surface area contributed by atoms with Gasteiger partial charge in [-0.3, -0.25) is 4.79 Å². The Labute approximate surface area is 154 Å². The second kappa shape index (κ2) is 7.35. The minimum atomic E-state index is 0.0667. The summed E-state index contributed by atoms with van der Waals surface area (Å²) in [4.78, 5) is 25.8. The van der Waals surface area contributed by atoms with Crippen molar-refractivity contribution < 1.29 is 9.90 Å². The Morgan fingerprint density at radius 1 is 1.23 bits per heavy atom. The molecule has 0 radical (unpaired) electrons. The second-order valence-corrected chi connectivity index (χ2v) is 7.98. The molecular formula is C20H28N4O2. The van der Waals surface area contributed by atoms with Crippen LogP contribution in [0.1, 0.15) is 32.1 Å². The van der Waals surface area contributed by atoms with Crippen LogP contribution < -0.4 is 4.90 Å². The number of piperidine rings is 1. The van der Waals surface area contributed by atoms with Gasteiger partial charge in [0.1, 0.15) is 0 Å². The van der Waals surface area contributed by atoms with Gasteiger partial charge in [0.25, 0.3) is 0 Å². The molecule has 1 amide bonds. The van der Waals surface area contributed by atoms with Crippen LogP contribution in [0.3, 0.4) is 0 Å². The molecule has 2 aliphatic heterocycles. The highest BCUT2D eigenvalue weighted by molar-refractivity contribution is 5.79. The Hall–Kier alpha value is -1.95. The molecule has 1 aliphatic carbocycles. The molecule has 2 fully saturated rings. The number of allylic oxidation sites excluding steroid dienone is 2. The summed E-state index contributed by atoms with van der Waals surface area (Å²) in [6.45, 7) is 3.46. The fourth-order valence-electron chi connectivity index (χ4n) is 4.91. The molecule has 6 nitrogen and oxygen atoms in total. The molecule has 2 unspecified atom stereocenters. The Kier molecular flexibility index (Phi) is 4.94. The maximum atomic E-state index is 12.8. The van der Waals surface area contributed by atoms with E-state index in [4.69, 9.17) is 0 Å². The molecule has 6 heteroatoms. The molecule has 4 rings (SSSR count). The summed E-state index contributed by atoms with van der Waals surface area (Å²) in [6.07, 6.45) is 12.7. The van der Waals surface area contributed by atoms with Crippen LogP contribution in [0.2, 0.25) is 0 Å². The van der Waals surface area contributed by atoms with Crippen molar-refractivity contribution in [2.75, 3.05) is 37.7 Å². The number of carbonyl (C=O) groups is 1. The number of anilines is 1. The summed E-state index contributed by atoms with van der Waals surface area (Å²) < 4.78 is 0. The molecule has 2 saturated heterocycles. The van der Waals surface area contributed by atoms with Crippen LogP contribution in [0.15, 0.2) is 30.6 Å². The topological polar surface area (TPSA) is 69.6 Å². The van der Waals surface area contributed by atoms with Gasteiger partial charge in [0.2, 0.25) is 11.9 Å². The highest BCUT2D eigenvalue weighted by atomic mass is 16.3. The van der Waals surface area contributed by atoms with Gasteiger partial charge in [-0.15, -0.1) is 0 Å². The first-order chi connectivity index (χ1) is 12.7. The Bertz CT molecular complexity index is 655. The molecule has 140 valence electrons. The molecule has 1 aromatic rings. The van der Waals surface area contributed by atoms with Gasteiger partial charge < -0.3 is 14.9 Å². The van der Waals surface area contributed by atoms with Gasteiger partial charge in [-0.05, 0) is 43.6 Å². The lowest BCUT2D eigenvalue weighted by molar-refractivity contribution is -0.138. The first-order valence-electron chi connectivity index (χ1n) is 9.78. The van der Waals surface area contributed by atoms with Gasteiger partial charge in [0.05, 0.1) is 0 Å². The monoisotopic (exact) mass is 356 g/mol. The number of rotatable bonds is 3. The van der Waals surface area contributed by atoms with Crippen LogP contribution in [-0.4, -0.2) is 58.7 Å². The molecule has 3 heterocycles. The molecule has 0 saturated carbocycles. The van der Waals surface area contributed by atoms with Crippen molar-refractivity contribution in [3.8, 4) is 0 Å². The Morgan fingerprint density at radius 3 is 2.65 bits per heavy atom. The zero-order valence-electron chi connectivity index (χ0n) is 15.3. The molecule has 3 aliphatic rings. The minimum Gasteiger partial charge on any atom is -0.396 e. The lowest BCUT2D eigenvalue weighted by Gasteiger charge is -2.43. The largest absolute Gasteiger partial charge is 0.396 e. The van der Waals surface area contributed by atoms with E-state index in [0.717, 1.165) is 64.2 Å². The minimum absolute atomic E-state index is 0.0667. The predicted octanol–water partition coefficient (Wildman–Crippen LogP) is 1.87. The van der Waals surface area contributed by atoms with E-state index < -0.39 is 0 Å². The number of likely N-dealkylation sites (tertiary alicyclic amines) is 1. The summed E-state index contributed by atoms with van der Waals surface area (Å²) in [5.41, 5.74) is 0.0667. The smallest absolute Gasteiger partial charge is 0.226 e. The highest BCUT2D eigenvalue weighted by Crippen LogP contribution is 2.45. The van der Waals surface area contributed by atoms with Crippen LogP contribution in [0, 0.1) is 17.3 Å². The first kappa shape index (κ1) is 17.5. The lowest BCUT2D eigenvalue weighted by atomic mass is 9.71. The molecule has 1 spiro atoms. The van der Waals surface area contributed by atoms with Gasteiger partial charge in [-0.1, -0.05) is 12.2 Å². The number of aromatic nitrogens is 2. The fraction of sp³-hybridized carbons (Fsp3) is 0.650. The summed E-state index contributed by atoms with van der Waals surface area (Å²) in [6, 6.07) is 1.82. The SMILES string of the molecule is O=C(C1CC=CCC1)N1CCC2(CC1)CN(c1ncccn1)CC2CO. The van der Waals surface area contributed by atoms with E-state index in [9.17, 15) is 9.90 Å². The third kappa shape index (κ3) is 3.22. The summed E-state index contributed by atoms with van der Waals surface area (Å²) in [5.74, 6) is 1.46. The summed E-state index contributed by atoms with van der Waals surface area (Å²) >= 11 is 0. The van der Waals surface area contributed by atoms with Crippen molar-refractivity contribution in [3.63, 3.8) is 0 Å². The maximum absolute atomic E-state index is 12.8. The van der Waals surface area contributed by atoms with Gasteiger partial charge in [-0.2, -0.15) is 0 Å². The standard InChI is InChI=1S/C20H28N4O2/c25-14-17-13-24(19-21-9-4-10-22-19)15-20(17)7-11-23(12-8-20)18(26)16-5-2-1-3-6-16/h1-2,4,9-10,16-17,25H,3,5-8,11-15H2. The number of aliphatic hydroxyl groups excluding tert-OH is 1. The number of amides is 1. The number of aliphatic hydroxyl groups is 1.